The van der Waals surface area contributed by atoms with E-state index in [1.807, 2.05) is 24.6 Å². The van der Waals surface area contributed by atoms with Crippen LogP contribution in [0.5, 0.6) is 0 Å². The average Bonchev–Trinajstić information content (AvgIpc) is 3.02. The van der Waals surface area contributed by atoms with E-state index in [4.69, 9.17) is 23.2 Å². The lowest BCUT2D eigenvalue weighted by molar-refractivity contribution is -0.132. The van der Waals surface area contributed by atoms with Crippen molar-refractivity contribution in [1.29, 1.82) is 0 Å². The molecule has 2 aromatic rings. The van der Waals surface area contributed by atoms with E-state index in [1.165, 1.54) is 6.07 Å². The summed E-state index contributed by atoms with van der Waals surface area (Å²) in [6.45, 7) is 2.55. The van der Waals surface area contributed by atoms with E-state index in [9.17, 15) is 9.59 Å². The van der Waals surface area contributed by atoms with Crippen LogP contribution in [0.15, 0.2) is 29.6 Å². The molecular formula is C19H22Cl2N2O2S2. The van der Waals surface area contributed by atoms with Crippen LogP contribution in [0.25, 0.3) is 0 Å². The standard InChI is InChI=1S/C19H22Cl2N2O2S2/c1-12-6-9-27-17(12)11-23(2)19(25)16(7-8-26-3)22-18(24)14-5-4-13(20)10-15(14)21/h4-6,9-10,16H,7-8,11H2,1-3H3,(H,22,24). The van der Waals surface area contributed by atoms with Crippen LogP contribution in [-0.4, -0.2) is 41.8 Å². The minimum atomic E-state index is -0.609. The Hall–Kier alpha value is -1.21. The van der Waals surface area contributed by atoms with E-state index in [1.54, 1.807) is 47.2 Å². The van der Waals surface area contributed by atoms with Crippen LogP contribution < -0.4 is 5.32 Å². The number of benzene rings is 1. The van der Waals surface area contributed by atoms with Crippen molar-refractivity contribution < 1.29 is 9.59 Å². The second-order valence-electron chi connectivity index (χ2n) is 6.15. The number of carbonyl (C=O) groups excluding carboxylic acids is 2. The summed E-state index contributed by atoms with van der Waals surface area (Å²) in [6.07, 6.45) is 2.52. The van der Waals surface area contributed by atoms with Crippen molar-refractivity contribution >= 4 is 58.1 Å². The van der Waals surface area contributed by atoms with Crippen LogP contribution in [0, 0.1) is 6.92 Å². The van der Waals surface area contributed by atoms with E-state index in [-0.39, 0.29) is 16.8 Å². The summed E-state index contributed by atoms with van der Waals surface area (Å²) >= 11 is 15.3. The molecular weight excluding hydrogens is 423 g/mol. The Kier molecular flexibility index (Phi) is 8.48. The van der Waals surface area contributed by atoms with Gasteiger partial charge in [-0.1, -0.05) is 23.2 Å². The number of thiophene rings is 1. The fourth-order valence-corrected chi connectivity index (χ4v) is 4.45. The molecule has 1 aromatic heterocycles. The van der Waals surface area contributed by atoms with Gasteiger partial charge in [0.15, 0.2) is 0 Å². The summed E-state index contributed by atoms with van der Waals surface area (Å²) in [4.78, 5) is 28.4. The number of hydrogen-bond donors (Lipinski definition) is 1. The molecule has 1 aromatic carbocycles. The lowest BCUT2D eigenvalue weighted by Crippen LogP contribution is -2.47. The number of nitrogens with one attached hydrogen (secondary N) is 1. The van der Waals surface area contributed by atoms with E-state index < -0.39 is 6.04 Å². The Morgan fingerprint density at radius 2 is 2.04 bits per heavy atom. The number of carbonyl (C=O) groups is 2. The molecule has 0 fully saturated rings. The third-order valence-corrected chi connectivity index (χ3v) is 6.31. The highest BCUT2D eigenvalue weighted by atomic mass is 35.5. The Morgan fingerprint density at radius 1 is 1.30 bits per heavy atom. The Labute approximate surface area is 178 Å². The largest absolute Gasteiger partial charge is 0.340 e. The van der Waals surface area contributed by atoms with Crippen molar-refractivity contribution in [3.63, 3.8) is 0 Å². The first-order valence-electron chi connectivity index (χ1n) is 8.36. The highest BCUT2D eigenvalue weighted by Crippen LogP contribution is 2.22. The van der Waals surface area contributed by atoms with Gasteiger partial charge in [0.25, 0.3) is 5.91 Å². The van der Waals surface area contributed by atoms with Crippen molar-refractivity contribution in [3.8, 4) is 0 Å². The van der Waals surface area contributed by atoms with Gasteiger partial charge < -0.3 is 10.2 Å². The SMILES string of the molecule is CSCCC(NC(=O)c1ccc(Cl)cc1Cl)C(=O)N(C)Cc1sccc1C. The Bertz CT molecular complexity index is 811. The Balaban J connectivity index is 2.12. The van der Waals surface area contributed by atoms with Crippen LogP contribution in [0.3, 0.4) is 0 Å². The number of nitrogens with zero attached hydrogens (tertiary/aromatic N) is 1. The van der Waals surface area contributed by atoms with Gasteiger partial charge in [0.2, 0.25) is 5.91 Å². The van der Waals surface area contributed by atoms with E-state index in [0.717, 1.165) is 16.2 Å². The van der Waals surface area contributed by atoms with Gasteiger partial charge in [0.1, 0.15) is 6.04 Å². The second-order valence-corrected chi connectivity index (χ2v) is 8.98. The summed E-state index contributed by atoms with van der Waals surface area (Å²) in [5.41, 5.74) is 1.47. The van der Waals surface area contributed by atoms with Gasteiger partial charge in [0, 0.05) is 16.9 Å². The van der Waals surface area contributed by atoms with Gasteiger partial charge in [-0.15, -0.1) is 11.3 Å². The number of rotatable bonds is 8. The topological polar surface area (TPSA) is 49.4 Å². The maximum atomic E-state index is 12.9. The number of aryl methyl sites for hydroxylation is 1. The van der Waals surface area contributed by atoms with Gasteiger partial charge in [-0.05, 0) is 60.6 Å². The van der Waals surface area contributed by atoms with Gasteiger partial charge in [-0.2, -0.15) is 11.8 Å². The number of halogens is 2. The molecule has 2 rings (SSSR count). The number of hydrogen-bond acceptors (Lipinski definition) is 4. The molecule has 2 amide bonds. The molecule has 1 N–H and O–H groups in total. The molecule has 0 aliphatic heterocycles. The third kappa shape index (κ3) is 6.14. The first-order valence-corrected chi connectivity index (χ1v) is 11.4. The zero-order valence-corrected chi connectivity index (χ0v) is 18.6. The molecule has 4 nitrogen and oxygen atoms in total. The quantitative estimate of drug-likeness (QED) is 0.631. The summed E-state index contributed by atoms with van der Waals surface area (Å²) in [7, 11) is 1.76. The van der Waals surface area contributed by atoms with Crippen LogP contribution >= 0.6 is 46.3 Å². The molecule has 146 valence electrons. The van der Waals surface area contributed by atoms with Crippen molar-refractivity contribution in [3.05, 3.63) is 55.7 Å². The summed E-state index contributed by atoms with van der Waals surface area (Å²) in [5.74, 6) is 0.267. The highest BCUT2D eigenvalue weighted by molar-refractivity contribution is 7.98. The van der Waals surface area contributed by atoms with Crippen molar-refractivity contribution in [2.75, 3.05) is 19.1 Å². The van der Waals surface area contributed by atoms with Crippen LogP contribution in [-0.2, 0) is 11.3 Å². The predicted octanol–water partition coefficient (Wildman–Crippen LogP) is 4.87. The van der Waals surface area contributed by atoms with Gasteiger partial charge in [0.05, 0.1) is 17.1 Å². The molecule has 1 heterocycles. The average molecular weight is 445 g/mol. The second kappa shape index (κ2) is 10.4. The van der Waals surface area contributed by atoms with Crippen LogP contribution in [0.2, 0.25) is 10.0 Å². The molecule has 27 heavy (non-hydrogen) atoms. The predicted molar refractivity (Wildman–Crippen MR) is 116 cm³/mol. The van der Waals surface area contributed by atoms with Gasteiger partial charge in [-0.3, -0.25) is 9.59 Å². The molecule has 0 saturated carbocycles. The fourth-order valence-electron chi connectivity index (χ4n) is 2.53. The number of thioether (sulfide) groups is 1. The van der Waals surface area contributed by atoms with Crippen molar-refractivity contribution in [1.82, 2.24) is 10.2 Å². The first kappa shape index (κ1) is 22.1. The molecule has 0 spiro atoms. The molecule has 0 aliphatic carbocycles. The molecule has 0 aliphatic rings. The van der Waals surface area contributed by atoms with Crippen molar-refractivity contribution in [2.24, 2.45) is 0 Å². The maximum absolute atomic E-state index is 12.9. The molecule has 0 bridgehead atoms. The minimum Gasteiger partial charge on any atom is -0.340 e. The zero-order valence-electron chi connectivity index (χ0n) is 15.4. The molecule has 8 heteroatoms. The molecule has 0 radical (unpaired) electrons. The lowest BCUT2D eigenvalue weighted by Gasteiger charge is -2.24. The number of amides is 2. The van der Waals surface area contributed by atoms with Gasteiger partial charge >= 0.3 is 0 Å². The minimum absolute atomic E-state index is 0.115. The fraction of sp³-hybridized carbons (Fsp3) is 0.368. The summed E-state index contributed by atoms with van der Waals surface area (Å²) < 4.78 is 0. The first-order chi connectivity index (χ1) is 12.8. The van der Waals surface area contributed by atoms with Crippen molar-refractivity contribution in [2.45, 2.75) is 25.9 Å². The smallest absolute Gasteiger partial charge is 0.253 e. The highest BCUT2D eigenvalue weighted by Gasteiger charge is 2.25. The zero-order chi connectivity index (χ0) is 20.0. The monoisotopic (exact) mass is 444 g/mol. The summed E-state index contributed by atoms with van der Waals surface area (Å²) in [6, 6.07) is 6.11. The summed E-state index contributed by atoms with van der Waals surface area (Å²) in [5, 5.41) is 5.57. The molecule has 0 saturated heterocycles. The third-order valence-electron chi connectivity index (χ3n) is 4.11. The molecule has 1 atom stereocenters. The lowest BCUT2D eigenvalue weighted by atomic mass is 10.1. The maximum Gasteiger partial charge on any atom is 0.253 e. The number of likely N-dealkylation sites (N-methyl/N-ethyl adjacent to an activating group) is 1. The Morgan fingerprint density at radius 3 is 2.63 bits per heavy atom. The van der Waals surface area contributed by atoms with Crippen LogP contribution in [0.1, 0.15) is 27.2 Å². The molecule has 1 unspecified atom stereocenters. The van der Waals surface area contributed by atoms with E-state index in [0.29, 0.717) is 23.6 Å². The van der Waals surface area contributed by atoms with Crippen LogP contribution in [0.4, 0.5) is 0 Å². The van der Waals surface area contributed by atoms with E-state index >= 15 is 0 Å². The van der Waals surface area contributed by atoms with Gasteiger partial charge in [-0.25, -0.2) is 0 Å². The van der Waals surface area contributed by atoms with E-state index in [2.05, 4.69) is 5.32 Å². The normalized spacial score (nSPS) is 11.9.